The normalized spacial score (nSPS) is 10.6. The van der Waals surface area contributed by atoms with Crippen molar-refractivity contribution in [2.45, 2.75) is 38.5 Å². The molecule has 0 aliphatic heterocycles. The van der Waals surface area contributed by atoms with Crippen LogP contribution >= 0.6 is 23.4 Å². The van der Waals surface area contributed by atoms with Crippen LogP contribution in [0, 0.1) is 0 Å². The van der Waals surface area contributed by atoms with E-state index in [0.717, 1.165) is 6.42 Å². The highest BCUT2D eigenvalue weighted by Gasteiger charge is 2.10. The molecule has 0 atom stereocenters. The highest BCUT2D eigenvalue weighted by Crippen LogP contribution is 2.18. The smallest absolute Gasteiger partial charge is 0.321 e. The molecule has 0 aliphatic carbocycles. The topological polar surface area (TPSA) is 77.0 Å². The molecule has 0 aromatic carbocycles. The van der Waals surface area contributed by atoms with Gasteiger partial charge < -0.3 is 10.1 Å². The molecule has 1 rings (SSSR count). The molecule has 1 heterocycles. The summed E-state index contributed by atoms with van der Waals surface area (Å²) < 4.78 is 5.35. The number of nitrogens with one attached hydrogen (secondary N) is 1. The molecule has 0 radical (unpaired) electrons. The van der Waals surface area contributed by atoms with Crippen LogP contribution in [-0.4, -0.2) is 39.3 Å². The number of aromatic nitrogens is 3. The lowest BCUT2D eigenvalue weighted by molar-refractivity contribution is -0.118. The molecule has 19 heavy (non-hydrogen) atoms. The van der Waals surface area contributed by atoms with Gasteiger partial charge in [0.25, 0.3) is 0 Å². The van der Waals surface area contributed by atoms with E-state index in [1.165, 1.54) is 11.8 Å². The molecular weight excluding hydrogens is 288 g/mol. The van der Waals surface area contributed by atoms with Crippen molar-refractivity contribution < 1.29 is 9.53 Å². The van der Waals surface area contributed by atoms with Gasteiger partial charge in [-0.15, -0.1) is 0 Å². The quantitative estimate of drug-likeness (QED) is 0.776. The van der Waals surface area contributed by atoms with E-state index in [1.807, 2.05) is 20.8 Å². The van der Waals surface area contributed by atoms with E-state index < -0.39 is 0 Å². The predicted molar refractivity (Wildman–Crippen MR) is 74.6 cm³/mol. The van der Waals surface area contributed by atoms with Gasteiger partial charge >= 0.3 is 6.01 Å². The van der Waals surface area contributed by atoms with E-state index in [1.54, 1.807) is 0 Å². The molecule has 0 unspecified atom stereocenters. The summed E-state index contributed by atoms with van der Waals surface area (Å²) in [4.78, 5) is 23.3. The van der Waals surface area contributed by atoms with Gasteiger partial charge in [0, 0.05) is 6.54 Å². The number of nitrogens with zero attached hydrogens (tertiary/aromatic N) is 3. The molecule has 8 heteroatoms. The molecule has 1 aromatic rings. The molecule has 0 spiro atoms. The van der Waals surface area contributed by atoms with Crippen LogP contribution in [-0.2, 0) is 4.79 Å². The number of rotatable bonds is 7. The lowest BCUT2D eigenvalue weighted by Crippen LogP contribution is -2.25. The van der Waals surface area contributed by atoms with Crippen molar-refractivity contribution in [2.24, 2.45) is 0 Å². The Hall–Kier alpha value is -1.08. The molecule has 1 amide bonds. The van der Waals surface area contributed by atoms with E-state index in [2.05, 4.69) is 20.3 Å². The van der Waals surface area contributed by atoms with Crippen molar-refractivity contribution in [3.8, 4) is 6.01 Å². The maximum Gasteiger partial charge on any atom is 0.321 e. The third-order valence-electron chi connectivity index (χ3n) is 1.81. The summed E-state index contributed by atoms with van der Waals surface area (Å²) in [5, 5.41) is 3.20. The van der Waals surface area contributed by atoms with E-state index in [0.29, 0.717) is 11.7 Å². The summed E-state index contributed by atoms with van der Waals surface area (Å²) >= 11 is 6.97. The number of carbonyl (C=O) groups is 1. The first-order valence-electron chi connectivity index (χ1n) is 5.99. The molecule has 1 N–H and O–H groups in total. The zero-order valence-corrected chi connectivity index (χ0v) is 12.7. The Morgan fingerprint density at radius 2 is 2.16 bits per heavy atom. The van der Waals surface area contributed by atoms with Crippen molar-refractivity contribution in [1.29, 1.82) is 0 Å². The molecule has 0 saturated heterocycles. The lowest BCUT2D eigenvalue weighted by atomic mass is 10.5. The van der Waals surface area contributed by atoms with E-state index >= 15 is 0 Å². The molecular formula is C11H17ClN4O2S. The van der Waals surface area contributed by atoms with Gasteiger partial charge in [0.15, 0.2) is 5.16 Å². The summed E-state index contributed by atoms with van der Waals surface area (Å²) in [5.74, 6) is 0.177. The summed E-state index contributed by atoms with van der Waals surface area (Å²) in [5.41, 5.74) is 0. The van der Waals surface area contributed by atoms with Gasteiger partial charge in [-0.3, -0.25) is 4.79 Å². The van der Waals surface area contributed by atoms with Crippen molar-refractivity contribution in [1.82, 2.24) is 20.3 Å². The highest BCUT2D eigenvalue weighted by atomic mass is 35.5. The average Bonchev–Trinajstić information content (AvgIpc) is 2.32. The Balaban J connectivity index is 2.57. The highest BCUT2D eigenvalue weighted by molar-refractivity contribution is 7.99. The van der Waals surface area contributed by atoms with Crippen LogP contribution in [0.5, 0.6) is 6.01 Å². The second-order valence-corrected chi connectivity index (χ2v) is 5.26. The predicted octanol–water partition coefficient (Wildman–Crippen LogP) is 1.93. The van der Waals surface area contributed by atoms with Gasteiger partial charge in [0.05, 0.1) is 11.9 Å². The maximum absolute atomic E-state index is 11.5. The first-order chi connectivity index (χ1) is 9.01. The fourth-order valence-electron chi connectivity index (χ4n) is 1.09. The van der Waals surface area contributed by atoms with Gasteiger partial charge in [-0.1, -0.05) is 18.7 Å². The number of ether oxygens (including phenoxy) is 1. The third kappa shape index (κ3) is 6.58. The van der Waals surface area contributed by atoms with Gasteiger partial charge in [-0.05, 0) is 31.9 Å². The minimum Gasteiger partial charge on any atom is -0.461 e. The summed E-state index contributed by atoms with van der Waals surface area (Å²) in [6, 6.07) is 0.173. The van der Waals surface area contributed by atoms with E-state index in [4.69, 9.17) is 16.3 Å². The minimum atomic E-state index is -0.0605. The maximum atomic E-state index is 11.5. The van der Waals surface area contributed by atoms with Gasteiger partial charge in [0.2, 0.25) is 11.2 Å². The number of amides is 1. The monoisotopic (exact) mass is 304 g/mol. The number of hydrogen-bond donors (Lipinski definition) is 1. The lowest BCUT2D eigenvalue weighted by Gasteiger charge is -2.08. The van der Waals surface area contributed by atoms with Crippen LogP contribution in [0.4, 0.5) is 0 Å². The average molecular weight is 305 g/mol. The van der Waals surface area contributed by atoms with Crippen LogP contribution in [0.15, 0.2) is 5.16 Å². The van der Waals surface area contributed by atoms with Crippen molar-refractivity contribution in [2.75, 3.05) is 12.3 Å². The summed E-state index contributed by atoms with van der Waals surface area (Å²) in [6.07, 6.45) is 0.851. The SMILES string of the molecule is CCCNC(=O)CSc1nc(Cl)nc(OC(C)C)n1. The Morgan fingerprint density at radius 3 is 2.79 bits per heavy atom. The zero-order valence-electron chi connectivity index (χ0n) is 11.1. The number of hydrogen-bond acceptors (Lipinski definition) is 6. The van der Waals surface area contributed by atoms with Crippen molar-refractivity contribution in [3.63, 3.8) is 0 Å². The molecule has 6 nitrogen and oxygen atoms in total. The molecule has 0 bridgehead atoms. The Kier molecular flexibility index (Phi) is 6.86. The third-order valence-corrected chi connectivity index (χ3v) is 2.83. The first kappa shape index (κ1) is 16.0. The first-order valence-corrected chi connectivity index (χ1v) is 7.35. The summed E-state index contributed by atoms with van der Waals surface area (Å²) in [7, 11) is 0. The standard InChI is InChI=1S/C11H17ClN4O2S/c1-4-5-13-8(17)6-19-11-15-9(12)14-10(16-11)18-7(2)3/h7H,4-6H2,1-3H3,(H,13,17). The molecule has 106 valence electrons. The minimum absolute atomic E-state index is 0.0517. The largest absolute Gasteiger partial charge is 0.461 e. The zero-order chi connectivity index (χ0) is 14.3. The van der Waals surface area contributed by atoms with Crippen LogP contribution in [0.2, 0.25) is 5.28 Å². The second-order valence-electron chi connectivity index (χ2n) is 3.97. The van der Waals surface area contributed by atoms with Crippen LogP contribution in [0.1, 0.15) is 27.2 Å². The van der Waals surface area contributed by atoms with Gasteiger partial charge in [-0.2, -0.15) is 15.0 Å². The van der Waals surface area contributed by atoms with Crippen LogP contribution in [0.3, 0.4) is 0 Å². The Bertz CT molecular complexity index is 431. The Labute approximate surface area is 121 Å². The Morgan fingerprint density at radius 1 is 1.42 bits per heavy atom. The van der Waals surface area contributed by atoms with E-state index in [9.17, 15) is 4.79 Å². The van der Waals surface area contributed by atoms with Crippen molar-refractivity contribution in [3.05, 3.63) is 5.28 Å². The van der Waals surface area contributed by atoms with Gasteiger partial charge in [0.1, 0.15) is 0 Å². The van der Waals surface area contributed by atoms with Crippen LogP contribution < -0.4 is 10.1 Å². The number of halogens is 1. The fraction of sp³-hybridized carbons (Fsp3) is 0.636. The molecule has 1 aromatic heterocycles. The molecule has 0 saturated carbocycles. The van der Waals surface area contributed by atoms with Crippen molar-refractivity contribution >= 4 is 29.3 Å². The van der Waals surface area contributed by atoms with Crippen LogP contribution in [0.25, 0.3) is 0 Å². The molecule has 0 fully saturated rings. The van der Waals surface area contributed by atoms with Gasteiger partial charge in [-0.25, -0.2) is 0 Å². The number of carbonyl (C=O) groups excluding carboxylic acids is 1. The molecule has 0 aliphatic rings. The summed E-state index contributed by atoms with van der Waals surface area (Å²) in [6.45, 7) is 6.39. The van der Waals surface area contributed by atoms with E-state index in [-0.39, 0.29) is 29.1 Å². The number of thioether (sulfide) groups is 1. The second kappa shape index (κ2) is 8.16. The fourth-order valence-corrected chi connectivity index (χ4v) is 1.95.